The average molecular weight is 263 g/mol. The van der Waals surface area contributed by atoms with Crippen molar-refractivity contribution >= 4 is 0 Å². The molecule has 0 nitrogen and oxygen atoms in total. The van der Waals surface area contributed by atoms with Crippen LogP contribution in [0.5, 0.6) is 0 Å². The van der Waals surface area contributed by atoms with Crippen molar-refractivity contribution in [3.63, 3.8) is 0 Å². The fourth-order valence-electron chi connectivity index (χ4n) is 1.58. The van der Waals surface area contributed by atoms with Crippen molar-refractivity contribution in [2.45, 2.75) is 6.42 Å². The molecule has 0 saturated carbocycles. The van der Waals surface area contributed by atoms with Gasteiger partial charge in [-0.2, -0.15) is 0 Å². The quantitative estimate of drug-likeness (QED) is 0.462. The zero-order valence-corrected chi connectivity index (χ0v) is 10.8. The minimum Gasteiger partial charge on any atom is -1.00 e. The summed E-state index contributed by atoms with van der Waals surface area (Å²) in [5.74, 6) is 1.35. The van der Waals surface area contributed by atoms with Crippen LogP contribution in [-0.4, -0.2) is 0 Å². The summed E-state index contributed by atoms with van der Waals surface area (Å²) >= 11 is 0. The van der Waals surface area contributed by atoms with Crippen molar-refractivity contribution in [3.8, 4) is 0 Å². The van der Waals surface area contributed by atoms with Gasteiger partial charge < -0.3 is 24.8 Å². The standard InChI is InChI=1S/C11H12.2ClH.Ti/c1-2-6-10(5-1)9-11-7-3-4-8-11;;;/h1-8,10-11H,9H2;2*1H;/q;;;+2/p-2. The van der Waals surface area contributed by atoms with Gasteiger partial charge in [0.15, 0.2) is 0 Å². The fourth-order valence-corrected chi connectivity index (χ4v) is 1.58. The summed E-state index contributed by atoms with van der Waals surface area (Å²) < 4.78 is 0. The van der Waals surface area contributed by atoms with Gasteiger partial charge in [0, 0.05) is 0 Å². The number of rotatable bonds is 2. The van der Waals surface area contributed by atoms with E-state index < -0.39 is 0 Å². The molecular formula is C11H12Cl2Ti. The maximum atomic E-state index is 2.26. The molecule has 0 aromatic heterocycles. The van der Waals surface area contributed by atoms with Crippen molar-refractivity contribution < 1.29 is 46.5 Å². The summed E-state index contributed by atoms with van der Waals surface area (Å²) in [4.78, 5) is 0. The van der Waals surface area contributed by atoms with Gasteiger partial charge in [-0.25, -0.2) is 0 Å². The molecule has 0 atom stereocenters. The summed E-state index contributed by atoms with van der Waals surface area (Å²) in [6.45, 7) is 0. The zero-order valence-electron chi connectivity index (χ0n) is 7.74. The molecule has 74 valence electrons. The number of hydrogen-bond donors (Lipinski definition) is 0. The van der Waals surface area contributed by atoms with Crippen LogP contribution in [0, 0.1) is 11.8 Å². The van der Waals surface area contributed by atoms with Crippen LogP contribution >= 0.6 is 0 Å². The van der Waals surface area contributed by atoms with Gasteiger partial charge in [-0.15, -0.1) is 0 Å². The summed E-state index contributed by atoms with van der Waals surface area (Å²) in [6.07, 6.45) is 18.8. The molecule has 0 aliphatic heterocycles. The molecule has 14 heavy (non-hydrogen) atoms. The molecular weight excluding hydrogens is 251 g/mol. The maximum Gasteiger partial charge on any atom is 2.00 e. The Labute approximate surface area is 113 Å². The second-order valence-electron chi connectivity index (χ2n) is 3.10. The van der Waals surface area contributed by atoms with E-state index in [1.165, 1.54) is 6.42 Å². The number of hydrogen-bond acceptors (Lipinski definition) is 0. The SMILES string of the molecule is C1=CC(CC2C=CC=C2)C=C1.[Cl-].[Cl-].[Ti+2]. The molecule has 2 rings (SSSR count). The first-order valence-electron chi connectivity index (χ1n) is 4.15. The first kappa shape index (κ1) is 16.7. The molecule has 0 bridgehead atoms. The summed E-state index contributed by atoms with van der Waals surface area (Å²) in [7, 11) is 0. The Kier molecular flexibility index (Phi) is 10.2. The van der Waals surface area contributed by atoms with Crippen LogP contribution in [0.3, 0.4) is 0 Å². The van der Waals surface area contributed by atoms with Crippen LogP contribution in [0.15, 0.2) is 48.6 Å². The third kappa shape index (κ3) is 4.66. The normalized spacial score (nSPS) is 17.7. The molecule has 2 aliphatic carbocycles. The van der Waals surface area contributed by atoms with Crippen LogP contribution in [0.2, 0.25) is 0 Å². The van der Waals surface area contributed by atoms with Crippen LogP contribution < -0.4 is 24.8 Å². The Morgan fingerprint density at radius 3 is 1.21 bits per heavy atom. The maximum absolute atomic E-state index is 2.26. The Hall–Kier alpha value is 0.254. The van der Waals surface area contributed by atoms with Crippen molar-refractivity contribution in [3.05, 3.63) is 48.6 Å². The third-order valence-electron chi connectivity index (χ3n) is 2.20. The fraction of sp³-hybridized carbons (Fsp3) is 0.273. The monoisotopic (exact) mass is 262 g/mol. The minimum atomic E-state index is 0. The molecule has 0 saturated heterocycles. The van der Waals surface area contributed by atoms with Crippen LogP contribution in [0.4, 0.5) is 0 Å². The Balaban J connectivity index is 0. The van der Waals surface area contributed by atoms with Crippen molar-refractivity contribution in [1.82, 2.24) is 0 Å². The molecule has 0 fully saturated rings. The molecule has 0 aromatic rings. The van der Waals surface area contributed by atoms with E-state index in [1.807, 2.05) is 0 Å². The summed E-state index contributed by atoms with van der Waals surface area (Å²) in [5.41, 5.74) is 0. The predicted octanol–water partition coefficient (Wildman–Crippen LogP) is -3.13. The molecule has 0 amide bonds. The van der Waals surface area contributed by atoms with Gasteiger partial charge >= 0.3 is 21.7 Å². The van der Waals surface area contributed by atoms with Crippen LogP contribution in [0.1, 0.15) is 6.42 Å². The van der Waals surface area contributed by atoms with E-state index >= 15 is 0 Å². The minimum absolute atomic E-state index is 0. The van der Waals surface area contributed by atoms with Gasteiger partial charge in [-0.1, -0.05) is 48.6 Å². The molecule has 2 aliphatic rings. The molecule has 0 radical (unpaired) electrons. The first-order valence-corrected chi connectivity index (χ1v) is 4.15. The van der Waals surface area contributed by atoms with Crippen molar-refractivity contribution in [2.75, 3.05) is 0 Å². The number of allylic oxidation sites excluding steroid dienone is 8. The topological polar surface area (TPSA) is 0 Å². The number of halogens is 2. The summed E-state index contributed by atoms with van der Waals surface area (Å²) in [5, 5.41) is 0. The Morgan fingerprint density at radius 2 is 0.929 bits per heavy atom. The Bertz CT molecular complexity index is 204. The zero-order chi connectivity index (χ0) is 7.52. The van der Waals surface area contributed by atoms with E-state index in [0.717, 1.165) is 0 Å². The van der Waals surface area contributed by atoms with Gasteiger partial charge in [0.1, 0.15) is 0 Å². The molecule has 0 heterocycles. The van der Waals surface area contributed by atoms with Gasteiger partial charge in [0.2, 0.25) is 0 Å². The van der Waals surface area contributed by atoms with Crippen LogP contribution in [0.25, 0.3) is 0 Å². The van der Waals surface area contributed by atoms with Crippen molar-refractivity contribution in [2.24, 2.45) is 11.8 Å². The van der Waals surface area contributed by atoms with Gasteiger partial charge in [-0.05, 0) is 18.3 Å². The van der Waals surface area contributed by atoms with E-state index in [-0.39, 0.29) is 46.5 Å². The third-order valence-corrected chi connectivity index (χ3v) is 2.20. The Morgan fingerprint density at radius 1 is 0.643 bits per heavy atom. The van der Waals surface area contributed by atoms with E-state index in [9.17, 15) is 0 Å². The molecule has 3 heteroatoms. The van der Waals surface area contributed by atoms with Gasteiger partial charge in [-0.3, -0.25) is 0 Å². The molecule has 0 spiro atoms. The average Bonchev–Trinajstić information content (AvgIpc) is 2.60. The largest absolute Gasteiger partial charge is 2.00 e. The molecule has 0 N–H and O–H groups in total. The predicted molar refractivity (Wildman–Crippen MR) is 48.2 cm³/mol. The van der Waals surface area contributed by atoms with Crippen molar-refractivity contribution in [1.29, 1.82) is 0 Å². The molecule has 0 unspecified atom stereocenters. The second kappa shape index (κ2) is 8.55. The van der Waals surface area contributed by atoms with E-state index in [1.54, 1.807) is 0 Å². The van der Waals surface area contributed by atoms with E-state index in [2.05, 4.69) is 48.6 Å². The summed E-state index contributed by atoms with van der Waals surface area (Å²) in [6, 6.07) is 0. The van der Waals surface area contributed by atoms with E-state index in [0.29, 0.717) is 11.8 Å². The first-order chi connectivity index (χ1) is 5.45. The van der Waals surface area contributed by atoms with E-state index in [4.69, 9.17) is 0 Å². The van der Waals surface area contributed by atoms with Gasteiger partial charge in [0.05, 0.1) is 0 Å². The second-order valence-corrected chi connectivity index (χ2v) is 3.10. The smallest absolute Gasteiger partial charge is 1.00 e. The van der Waals surface area contributed by atoms with Gasteiger partial charge in [0.25, 0.3) is 0 Å². The van der Waals surface area contributed by atoms with Crippen LogP contribution in [-0.2, 0) is 21.7 Å². The molecule has 0 aromatic carbocycles.